The van der Waals surface area contributed by atoms with Gasteiger partial charge in [0, 0.05) is 43.6 Å². The number of nitrogens with one attached hydrogen (secondary N) is 1. The van der Waals surface area contributed by atoms with Gasteiger partial charge in [-0.1, -0.05) is 44.7 Å². The third-order valence-corrected chi connectivity index (χ3v) is 5.88. The van der Waals surface area contributed by atoms with Gasteiger partial charge in [-0.05, 0) is 24.1 Å². The van der Waals surface area contributed by atoms with Crippen molar-refractivity contribution in [3.63, 3.8) is 0 Å². The van der Waals surface area contributed by atoms with E-state index in [1.54, 1.807) is 12.1 Å². The summed E-state index contributed by atoms with van der Waals surface area (Å²) in [7, 11) is 0. The van der Waals surface area contributed by atoms with Crippen molar-refractivity contribution in [1.82, 2.24) is 15.1 Å². The van der Waals surface area contributed by atoms with Gasteiger partial charge in [0.25, 0.3) is 17.7 Å². The Morgan fingerprint density at radius 3 is 2.24 bits per heavy atom. The topological polar surface area (TPSA) is 150 Å². The molecule has 1 aromatic rings. The summed E-state index contributed by atoms with van der Waals surface area (Å²) in [6, 6.07) is 6.30. The fraction of sp³-hybridized carbons (Fsp3) is 0.481. The number of imide groups is 1. The maximum Gasteiger partial charge on any atom is 0.323 e. The zero-order valence-corrected chi connectivity index (χ0v) is 21.6. The summed E-state index contributed by atoms with van der Waals surface area (Å²) >= 11 is 0. The molecular weight excluding hydrogens is 494 g/mol. The Balaban J connectivity index is 1.79. The lowest BCUT2D eigenvalue weighted by atomic mass is 10.1. The Labute approximate surface area is 221 Å². The largest absolute Gasteiger partial charge is 0.480 e. The van der Waals surface area contributed by atoms with E-state index >= 15 is 0 Å². The third-order valence-electron chi connectivity index (χ3n) is 5.88. The molecule has 1 aliphatic heterocycles. The van der Waals surface area contributed by atoms with Crippen LogP contribution in [0.1, 0.15) is 67.8 Å². The van der Waals surface area contributed by atoms with Crippen LogP contribution >= 0.6 is 0 Å². The predicted molar refractivity (Wildman–Crippen MR) is 137 cm³/mol. The number of carbonyl (C=O) groups is 6. The minimum Gasteiger partial charge on any atom is -0.480 e. The normalized spacial score (nSPS) is 12.5. The average molecular weight is 530 g/mol. The number of esters is 1. The van der Waals surface area contributed by atoms with E-state index in [1.165, 1.54) is 12.1 Å². The molecule has 0 radical (unpaired) electrons. The lowest BCUT2D eigenvalue weighted by Gasteiger charge is -2.21. The first kappa shape index (κ1) is 30.2. The highest BCUT2D eigenvalue weighted by Gasteiger charge is 2.23. The van der Waals surface area contributed by atoms with Crippen LogP contribution < -0.4 is 5.32 Å². The highest BCUT2D eigenvalue weighted by atomic mass is 16.5. The van der Waals surface area contributed by atoms with Crippen molar-refractivity contribution in [2.75, 3.05) is 26.2 Å². The van der Waals surface area contributed by atoms with Gasteiger partial charge in [-0.3, -0.25) is 33.7 Å². The van der Waals surface area contributed by atoms with Crippen LogP contribution in [0.4, 0.5) is 0 Å². The molecule has 0 saturated heterocycles. The quantitative estimate of drug-likeness (QED) is 0.177. The van der Waals surface area contributed by atoms with E-state index in [1.807, 2.05) is 0 Å². The second kappa shape index (κ2) is 16.0. The van der Waals surface area contributed by atoms with Crippen molar-refractivity contribution in [2.45, 2.75) is 58.4 Å². The van der Waals surface area contributed by atoms with Gasteiger partial charge in [0.1, 0.15) is 13.2 Å². The van der Waals surface area contributed by atoms with Crippen molar-refractivity contribution < 1.29 is 38.6 Å². The molecule has 38 heavy (non-hydrogen) atoms. The average Bonchev–Trinajstić information content (AvgIpc) is 3.21. The summed E-state index contributed by atoms with van der Waals surface area (Å²) in [6.07, 6.45) is 7.56. The molecule has 206 valence electrons. The standard InChI is InChI=1S/C27H35N3O8/c1-2-3-4-5-6-7-26(36)38-17-16-29(19-25(34)35)27(37)21-10-8-20(9-11-21)18-28-22(31)14-15-30-23(32)12-13-24(30)33/h8-13H,2-7,14-19H2,1H3,(H,28,31)(H,34,35). The fourth-order valence-electron chi connectivity index (χ4n) is 3.73. The molecule has 4 amide bonds. The van der Waals surface area contributed by atoms with Gasteiger partial charge in [-0.2, -0.15) is 0 Å². The summed E-state index contributed by atoms with van der Waals surface area (Å²) < 4.78 is 5.17. The van der Waals surface area contributed by atoms with Crippen molar-refractivity contribution in [2.24, 2.45) is 0 Å². The van der Waals surface area contributed by atoms with Crippen LogP contribution in [0.15, 0.2) is 36.4 Å². The van der Waals surface area contributed by atoms with E-state index in [4.69, 9.17) is 4.74 Å². The molecule has 0 aromatic heterocycles. The first-order chi connectivity index (χ1) is 18.2. The zero-order chi connectivity index (χ0) is 27.9. The summed E-state index contributed by atoms with van der Waals surface area (Å²) in [6.45, 7) is 1.57. The van der Waals surface area contributed by atoms with E-state index in [2.05, 4.69) is 12.2 Å². The van der Waals surface area contributed by atoms with E-state index in [0.717, 1.165) is 54.1 Å². The van der Waals surface area contributed by atoms with E-state index < -0.39 is 30.2 Å². The Morgan fingerprint density at radius 2 is 1.61 bits per heavy atom. The van der Waals surface area contributed by atoms with Crippen LogP contribution in [0.25, 0.3) is 0 Å². The summed E-state index contributed by atoms with van der Waals surface area (Å²) in [4.78, 5) is 73.2. The number of hydrogen-bond acceptors (Lipinski definition) is 7. The second-order valence-electron chi connectivity index (χ2n) is 8.89. The number of rotatable bonds is 17. The molecule has 2 rings (SSSR count). The van der Waals surface area contributed by atoms with E-state index in [9.17, 15) is 33.9 Å². The molecule has 0 spiro atoms. The molecular formula is C27H35N3O8. The van der Waals surface area contributed by atoms with Crippen molar-refractivity contribution >= 4 is 35.6 Å². The number of benzene rings is 1. The second-order valence-corrected chi connectivity index (χ2v) is 8.89. The Bertz CT molecular complexity index is 1020. The number of aliphatic carboxylic acids is 1. The predicted octanol–water partition coefficient (Wildman–Crippen LogP) is 2.05. The Morgan fingerprint density at radius 1 is 0.947 bits per heavy atom. The summed E-state index contributed by atoms with van der Waals surface area (Å²) in [5.41, 5.74) is 0.949. The van der Waals surface area contributed by atoms with Crippen LogP contribution in [0.2, 0.25) is 0 Å². The van der Waals surface area contributed by atoms with Gasteiger partial charge in [0.15, 0.2) is 0 Å². The molecule has 1 aliphatic rings. The van der Waals surface area contributed by atoms with Gasteiger partial charge < -0.3 is 20.1 Å². The molecule has 1 heterocycles. The van der Waals surface area contributed by atoms with Gasteiger partial charge in [-0.15, -0.1) is 0 Å². The maximum absolute atomic E-state index is 12.9. The van der Waals surface area contributed by atoms with Gasteiger partial charge in [0.2, 0.25) is 5.91 Å². The molecule has 2 N–H and O–H groups in total. The lowest BCUT2D eigenvalue weighted by Crippen LogP contribution is -2.38. The highest BCUT2D eigenvalue weighted by Crippen LogP contribution is 2.10. The lowest BCUT2D eigenvalue weighted by molar-refractivity contribution is -0.144. The Hall–Kier alpha value is -4.02. The number of carboxylic acids is 1. The molecule has 0 bridgehead atoms. The molecule has 1 aromatic carbocycles. The number of unbranched alkanes of at least 4 members (excludes halogenated alkanes) is 4. The molecule has 0 aliphatic carbocycles. The third kappa shape index (κ3) is 10.5. The monoisotopic (exact) mass is 529 g/mol. The first-order valence-corrected chi connectivity index (χ1v) is 12.8. The van der Waals surface area contributed by atoms with Crippen molar-refractivity contribution in [3.05, 3.63) is 47.5 Å². The number of carbonyl (C=O) groups excluding carboxylic acids is 5. The number of amides is 4. The van der Waals surface area contributed by atoms with Gasteiger partial charge >= 0.3 is 11.9 Å². The van der Waals surface area contributed by atoms with Crippen molar-refractivity contribution in [1.29, 1.82) is 0 Å². The SMILES string of the molecule is CCCCCCCC(=O)OCCN(CC(=O)O)C(=O)c1ccc(CNC(=O)CCN2C(=O)C=CC2=O)cc1. The minimum atomic E-state index is -1.19. The Kier molecular flexibility index (Phi) is 12.7. The van der Waals surface area contributed by atoms with Crippen LogP contribution in [0, 0.1) is 0 Å². The zero-order valence-electron chi connectivity index (χ0n) is 21.6. The number of carboxylic acid groups (broad SMARTS) is 1. The van der Waals surface area contributed by atoms with Crippen LogP contribution in [0.3, 0.4) is 0 Å². The molecule has 0 atom stereocenters. The number of nitrogens with zero attached hydrogens (tertiary/aromatic N) is 2. The fourth-order valence-corrected chi connectivity index (χ4v) is 3.73. The molecule has 11 nitrogen and oxygen atoms in total. The van der Waals surface area contributed by atoms with Crippen LogP contribution in [-0.4, -0.2) is 76.7 Å². The maximum atomic E-state index is 12.9. The van der Waals surface area contributed by atoms with Crippen LogP contribution in [0.5, 0.6) is 0 Å². The first-order valence-electron chi connectivity index (χ1n) is 12.8. The molecule has 0 unspecified atom stereocenters. The van der Waals surface area contributed by atoms with Crippen molar-refractivity contribution in [3.8, 4) is 0 Å². The smallest absolute Gasteiger partial charge is 0.323 e. The molecule has 11 heteroatoms. The van der Waals surface area contributed by atoms with E-state index in [0.29, 0.717) is 12.0 Å². The highest BCUT2D eigenvalue weighted by molar-refractivity contribution is 6.13. The minimum absolute atomic E-state index is 0.0162. The number of hydrogen-bond donors (Lipinski definition) is 2. The number of ether oxygens (including phenoxy) is 1. The summed E-state index contributed by atoms with van der Waals surface area (Å²) in [5, 5.41) is 11.9. The van der Waals surface area contributed by atoms with E-state index in [-0.39, 0.29) is 50.1 Å². The summed E-state index contributed by atoms with van der Waals surface area (Å²) in [5.74, 6) is -3.32. The van der Waals surface area contributed by atoms with Gasteiger partial charge in [-0.25, -0.2) is 0 Å². The molecule has 0 fully saturated rings. The molecule has 0 saturated carbocycles. The van der Waals surface area contributed by atoms with Gasteiger partial charge in [0.05, 0.1) is 6.54 Å². The van der Waals surface area contributed by atoms with Crippen LogP contribution in [-0.2, 0) is 35.3 Å².